The molecule has 1 aliphatic rings. The van der Waals surface area contributed by atoms with E-state index in [2.05, 4.69) is 0 Å². The van der Waals surface area contributed by atoms with E-state index in [0.717, 1.165) is 10.8 Å². The molecule has 0 radical (unpaired) electrons. The van der Waals surface area contributed by atoms with Crippen molar-refractivity contribution in [1.29, 1.82) is 0 Å². The van der Waals surface area contributed by atoms with Crippen molar-refractivity contribution in [2.24, 2.45) is 0 Å². The number of hydrogen-bond acceptors (Lipinski definition) is 3. The molecule has 0 bridgehead atoms. The van der Waals surface area contributed by atoms with E-state index in [4.69, 9.17) is 5.73 Å². The molecule has 0 saturated carbocycles. The van der Waals surface area contributed by atoms with E-state index < -0.39 is 0 Å². The molecule has 0 unspecified atom stereocenters. The molecule has 0 atom stereocenters. The fraction of sp³-hybridized carbons (Fsp3) is 0. The summed E-state index contributed by atoms with van der Waals surface area (Å²) in [5.74, 6) is -0.583. The quantitative estimate of drug-likeness (QED) is 0.552. The molecule has 0 saturated heterocycles. The first-order valence-corrected chi connectivity index (χ1v) is 6.92. The van der Waals surface area contributed by atoms with Crippen LogP contribution in [0.5, 0.6) is 0 Å². The number of imide groups is 1. The average Bonchev–Trinajstić information content (AvgIpc) is 2.77. The van der Waals surface area contributed by atoms with Crippen molar-refractivity contribution < 1.29 is 9.59 Å². The normalized spacial score (nSPS) is 13.7. The molecular weight excluding hydrogens is 276 g/mol. The van der Waals surface area contributed by atoms with Crippen molar-refractivity contribution in [3.05, 3.63) is 71.8 Å². The summed E-state index contributed by atoms with van der Waals surface area (Å²) in [6, 6.07) is 17.9. The molecule has 1 aliphatic heterocycles. The van der Waals surface area contributed by atoms with Gasteiger partial charge in [0.05, 0.1) is 16.8 Å². The van der Waals surface area contributed by atoms with Gasteiger partial charge in [0, 0.05) is 5.69 Å². The fourth-order valence-corrected chi connectivity index (χ4v) is 2.81. The highest BCUT2D eigenvalue weighted by molar-refractivity contribution is 6.35. The van der Waals surface area contributed by atoms with Crippen LogP contribution < -0.4 is 10.6 Å². The molecule has 0 aliphatic carbocycles. The van der Waals surface area contributed by atoms with Crippen LogP contribution in [0.1, 0.15) is 20.7 Å². The molecule has 3 aromatic rings. The Kier molecular flexibility index (Phi) is 2.53. The number of nitrogen functional groups attached to an aromatic ring is 1. The Hall–Kier alpha value is -3.14. The molecule has 0 fully saturated rings. The molecule has 22 heavy (non-hydrogen) atoms. The number of nitrogens with zero attached hydrogens (tertiary/aromatic N) is 1. The van der Waals surface area contributed by atoms with Crippen LogP contribution in [0.25, 0.3) is 10.8 Å². The van der Waals surface area contributed by atoms with Gasteiger partial charge in [-0.1, -0.05) is 24.3 Å². The number of carbonyl (C=O) groups is 2. The topological polar surface area (TPSA) is 63.4 Å². The van der Waals surface area contributed by atoms with Crippen molar-refractivity contribution in [2.45, 2.75) is 0 Å². The molecule has 4 rings (SSSR count). The van der Waals surface area contributed by atoms with Gasteiger partial charge in [0.1, 0.15) is 0 Å². The Morgan fingerprint density at radius 1 is 0.727 bits per heavy atom. The largest absolute Gasteiger partial charge is 0.399 e. The number of nitrogens with two attached hydrogens (primary N) is 1. The zero-order chi connectivity index (χ0) is 15.3. The standard InChI is InChI=1S/C18H12N2O2/c19-13-7-6-11-9-15-16(10-12(11)8-13)18(22)20(17(15)21)14-4-2-1-3-5-14/h1-10H,19H2. The Morgan fingerprint density at radius 3 is 2.05 bits per heavy atom. The Bertz CT molecular complexity index is 932. The minimum Gasteiger partial charge on any atom is -0.399 e. The van der Waals surface area contributed by atoms with Gasteiger partial charge in [0.15, 0.2) is 0 Å². The minimum atomic E-state index is -0.296. The van der Waals surface area contributed by atoms with Crippen molar-refractivity contribution in [3.63, 3.8) is 0 Å². The number of rotatable bonds is 1. The molecular formula is C18H12N2O2. The van der Waals surface area contributed by atoms with Crippen LogP contribution in [0.4, 0.5) is 11.4 Å². The molecule has 1 heterocycles. The third-order valence-corrected chi connectivity index (χ3v) is 3.88. The van der Waals surface area contributed by atoms with Gasteiger partial charge in [-0.2, -0.15) is 0 Å². The second-order valence-electron chi connectivity index (χ2n) is 5.29. The summed E-state index contributed by atoms with van der Waals surface area (Å²) in [5, 5.41) is 1.75. The predicted octanol–water partition coefficient (Wildman–Crippen LogP) is 3.22. The number of anilines is 2. The first-order chi connectivity index (χ1) is 10.6. The number of benzene rings is 3. The summed E-state index contributed by atoms with van der Waals surface area (Å²) in [5.41, 5.74) is 7.86. The van der Waals surface area contributed by atoms with Gasteiger partial charge >= 0.3 is 0 Å². The number of hydrogen-bond donors (Lipinski definition) is 1. The summed E-state index contributed by atoms with van der Waals surface area (Å²) >= 11 is 0. The van der Waals surface area contributed by atoms with E-state index in [1.807, 2.05) is 12.1 Å². The van der Waals surface area contributed by atoms with Crippen molar-refractivity contribution in [1.82, 2.24) is 0 Å². The lowest BCUT2D eigenvalue weighted by molar-refractivity contribution is 0.0926. The zero-order valence-corrected chi connectivity index (χ0v) is 11.6. The monoisotopic (exact) mass is 288 g/mol. The molecule has 106 valence electrons. The van der Waals surface area contributed by atoms with Crippen molar-refractivity contribution in [2.75, 3.05) is 10.6 Å². The number of fused-ring (bicyclic) bond motifs is 2. The first-order valence-electron chi connectivity index (χ1n) is 6.92. The SMILES string of the molecule is Nc1ccc2cc3c(cc2c1)C(=O)N(c1ccccc1)C3=O. The van der Waals surface area contributed by atoms with E-state index in [0.29, 0.717) is 22.5 Å². The predicted molar refractivity (Wildman–Crippen MR) is 85.9 cm³/mol. The lowest BCUT2D eigenvalue weighted by Gasteiger charge is -2.13. The van der Waals surface area contributed by atoms with Gasteiger partial charge in [-0.25, -0.2) is 4.90 Å². The summed E-state index contributed by atoms with van der Waals surface area (Å²) in [4.78, 5) is 26.4. The van der Waals surface area contributed by atoms with E-state index in [-0.39, 0.29) is 11.8 Å². The van der Waals surface area contributed by atoms with Gasteiger partial charge in [0.2, 0.25) is 0 Å². The first kappa shape index (κ1) is 12.6. The lowest BCUT2D eigenvalue weighted by atomic mass is 10.0. The number of para-hydroxylation sites is 1. The highest BCUT2D eigenvalue weighted by Gasteiger charge is 2.36. The maximum atomic E-state index is 12.6. The van der Waals surface area contributed by atoms with Crippen LogP contribution in [0, 0.1) is 0 Å². The molecule has 0 aromatic heterocycles. The minimum absolute atomic E-state index is 0.287. The third-order valence-electron chi connectivity index (χ3n) is 3.88. The average molecular weight is 288 g/mol. The molecule has 0 spiro atoms. The van der Waals surface area contributed by atoms with Crippen LogP contribution in [0.2, 0.25) is 0 Å². The Morgan fingerprint density at radius 2 is 1.36 bits per heavy atom. The second kappa shape index (κ2) is 4.43. The highest BCUT2D eigenvalue weighted by Crippen LogP contribution is 2.31. The smallest absolute Gasteiger partial charge is 0.266 e. The van der Waals surface area contributed by atoms with Crippen LogP contribution in [0.3, 0.4) is 0 Å². The lowest BCUT2D eigenvalue weighted by Crippen LogP contribution is -2.29. The van der Waals surface area contributed by atoms with Crippen LogP contribution >= 0.6 is 0 Å². The Labute approximate surface area is 126 Å². The van der Waals surface area contributed by atoms with Crippen LogP contribution in [-0.2, 0) is 0 Å². The van der Waals surface area contributed by atoms with Gasteiger partial charge < -0.3 is 5.73 Å². The second-order valence-corrected chi connectivity index (χ2v) is 5.29. The molecule has 4 nitrogen and oxygen atoms in total. The van der Waals surface area contributed by atoms with Gasteiger partial charge in [-0.3, -0.25) is 9.59 Å². The number of carbonyl (C=O) groups excluding carboxylic acids is 2. The fourth-order valence-electron chi connectivity index (χ4n) is 2.81. The van der Waals surface area contributed by atoms with E-state index in [1.54, 1.807) is 48.5 Å². The molecule has 3 aromatic carbocycles. The molecule has 2 amide bonds. The van der Waals surface area contributed by atoms with E-state index in [9.17, 15) is 9.59 Å². The van der Waals surface area contributed by atoms with Crippen LogP contribution in [0.15, 0.2) is 60.7 Å². The zero-order valence-electron chi connectivity index (χ0n) is 11.6. The van der Waals surface area contributed by atoms with E-state index >= 15 is 0 Å². The highest BCUT2D eigenvalue weighted by atomic mass is 16.2. The Balaban J connectivity index is 1.91. The van der Waals surface area contributed by atoms with Crippen molar-refractivity contribution >= 4 is 34.0 Å². The maximum absolute atomic E-state index is 12.6. The molecule has 2 N–H and O–H groups in total. The van der Waals surface area contributed by atoms with Gasteiger partial charge in [-0.15, -0.1) is 0 Å². The summed E-state index contributed by atoms with van der Waals surface area (Å²) < 4.78 is 0. The van der Waals surface area contributed by atoms with Gasteiger partial charge in [-0.05, 0) is 47.2 Å². The summed E-state index contributed by atoms with van der Waals surface area (Å²) in [6.07, 6.45) is 0. The van der Waals surface area contributed by atoms with Crippen molar-refractivity contribution in [3.8, 4) is 0 Å². The summed E-state index contributed by atoms with van der Waals surface area (Å²) in [6.45, 7) is 0. The van der Waals surface area contributed by atoms with E-state index in [1.165, 1.54) is 4.90 Å². The maximum Gasteiger partial charge on any atom is 0.266 e. The third kappa shape index (κ3) is 1.71. The number of amides is 2. The molecule has 4 heteroatoms. The summed E-state index contributed by atoms with van der Waals surface area (Å²) in [7, 11) is 0. The van der Waals surface area contributed by atoms with Crippen LogP contribution in [-0.4, -0.2) is 11.8 Å². The van der Waals surface area contributed by atoms with Gasteiger partial charge in [0.25, 0.3) is 11.8 Å².